The van der Waals surface area contributed by atoms with E-state index in [4.69, 9.17) is 16.3 Å². The number of carbonyl (C=O) groups excluding carboxylic acids is 1. The number of anilines is 2. The average molecular weight is 374 g/mol. The van der Waals surface area contributed by atoms with Gasteiger partial charge in [-0.3, -0.25) is 4.79 Å². The van der Waals surface area contributed by atoms with Gasteiger partial charge in [0, 0.05) is 19.9 Å². The summed E-state index contributed by atoms with van der Waals surface area (Å²) < 4.78 is 43.1. The molecular weight excluding hydrogens is 359 g/mol. The zero-order valence-electron chi connectivity index (χ0n) is 13.2. The summed E-state index contributed by atoms with van der Waals surface area (Å²) in [6.07, 6.45) is -3.22. The van der Waals surface area contributed by atoms with Gasteiger partial charge < -0.3 is 15.4 Å². The van der Waals surface area contributed by atoms with E-state index in [-0.39, 0.29) is 16.3 Å². The smallest absolute Gasteiger partial charge is 0.383 e. The first-order valence-electron chi connectivity index (χ1n) is 7.18. The number of benzene rings is 1. The van der Waals surface area contributed by atoms with Crippen LogP contribution < -0.4 is 10.6 Å². The van der Waals surface area contributed by atoms with Crippen LogP contribution in [0, 0.1) is 0 Å². The van der Waals surface area contributed by atoms with Crippen molar-refractivity contribution in [3.8, 4) is 0 Å². The average Bonchev–Trinajstić information content (AvgIpc) is 2.56. The molecule has 134 valence electrons. The van der Waals surface area contributed by atoms with E-state index >= 15 is 0 Å². The molecule has 0 unspecified atom stereocenters. The fraction of sp³-hybridized carbons (Fsp3) is 0.250. The number of methoxy groups -OCH3 is 1. The second kappa shape index (κ2) is 8.17. The van der Waals surface area contributed by atoms with Crippen LogP contribution in [0.3, 0.4) is 0 Å². The van der Waals surface area contributed by atoms with Crippen LogP contribution in [0.2, 0.25) is 5.02 Å². The lowest BCUT2D eigenvalue weighted by Gasteiger charge is -2.12. The summed E-state index contributed by atoms with van der Waals surface area (Å²) >= 11 is 5.85. The third-order valence-electron chi connectivity index (χ3n) is 3.18. The Kier molecular flexibility index (Phi) is 6.22. The largest absolute Gasteiger partial charge is 0.416 e. The molecule has 0 saturated heterocycles. The van der Waals surface area contributed by atoms with E-state index in [2.05, 4.69) is 15.6 Å². The van der Waals surface area contributed by atoms with Gasteiger partial charge in [-0.1, -0.05) is 11.6 Å². The molecule has 0 spiro atoms. The van der Waals surface area contributed by atoms with E-state index in [0.29, 0.717) is 19.0 Å². The van der Waals surface area contributed by atoms with E-state index in [1.807, 2.05) is 0 Å². The number of aromatic nitrogens is 1. The van der Waals surface area contributed by atoms with Crippen LogP contribution in [-0.4, -0.2) is 31.2 Å². The first-order valence-corrected chi connectivity index (χ1v) is 7.56. The number of alkyl halides is 3. The molecule has 0 atom stereocenters. The summed E-state index contributed by atoms with van der Waals surface area (Å²) in [7, 11) is 1.57. The molecule has 0 aliphatic carbocycles. The lowest BCUT2D eigenvalue weighted by atomic mass is 10.2. The number of ether oxygens (including phenoxy) is 1. The van der Waals surface area contributed by atoms with Crippen molar-refractivity contribution in [1.82, 2.24) is 4.98 Å². The van der Waals surface area contributed by atoms with Gasteiger partial charge in [-0.05, 0) is 30.3 Å². The number of hydrogen-bond acceptors (Lipinski definition) is 4. The summed E-state index contributed by atoms with van der Waals surface area (Å²) in [5, 5.41) is 5.35. The number of carbonyl (C=O) groups is 1. The Morgan fingerprint density at radius 1 is 1.28 bits per heavy atom. The fourth-order valence-electron chi connectivity index (χ4n) is 1.91. The number of halogens is 4. The zero-order chi connectivity index (χ0) is 18.4. The highest BCUT2D eigenvalue weighted by atomic mass is 35.5. The van der Waals surface area contributed by atoms with Crippen molar-refractivity contribution in [3.63, 3.8) is 0 Å². The zero-order valence-corrected chi connectivity index (χ0v) is 13.9. The maximum Gasteiger partial charge on any atom is 0.416 e. The van der Waals surface area contributed by atoms with Gasteiger partial charge in [-0.25, -0.2) is 4.98 Å². The Labute approximate surface area is 147 Å². The fourth-order valence-corrected chi connectivity index (χ4v) is 2.07. The van der Waals surface area contributed by atoms with E-state index in [1.54, 1.807) is 13.2 Å². The lowest BCUT2D eigenvalue weighted by molar-refractivity contribution is -0.137. The molecule has 2 aromatic rings. The van der Waals surface area contributed by atoms with Gasteiger partial charge in [0.05, 0.1) is 28.4 Å². The first kappa shape index (κ1) is 19.0. The van der Waals surface area contributed by atoms with Crippen LogP contribution in [0.1, 0.15) is 15.9 Å². The van der Waals surface area contributed by atoms with E-state index in [0.717, 1.165) is 18.2 Å². The van der Waals surface area contributed by atoms with Gasteiger partial charge in [0.1, 0.15) is 5.82 Å². The summed E-state index contributed by atoms with van der Waals surface area (Å²) in [4.78, 5) is 16.2. The van der Waals surface area contributed by atoms with E-state index in [9.17, 15) is 18.0 Å². The molecule has 0 fully saturated rings. The molecule has 0 aliphatic rings. The van der Waals surface area contributed by atoms with Gasteiger partial charge in [-0.2, -0.15) is 13.2 Å². The van der Waals surface area contributed by atoms with Crippen LogP contribution in [0.5, 0.6) is 0 Å². The molecule has 2 N–H and O–H groups in total. The quantitative estimate of drug-likeness (QED) is 0.749. The van der Waals surface area contributed by atoms with Gasteiger partial charge in [0.25, 0.3) is 5.91 Å². The third-order valence-corrected chi connectivity index (χ3v) is 3.51. The molecule has 0 saturated carbocycles. The summed E-state index contributed by atoms with van der Waals surface area (Å²) in [6, 6.07) is 5.80. The summed E-state index contributed by atoms with van der Waals surface area (Å²) in [5.41, 5.74) is -0.836. The molecule has 0 radical (unpaired) electrons. The molecule has 5 nitrogen and oxygen atoms in total. The van der Waals surface area contributed by atoms with Crippen LogP contribution in [-0.2, 0) is 10.9 Å². The van der Waals surface area contributed by atoms with Gasteiger partial charge in [-0.15, -0.1) is 0 Å². The molecule has 9 heteroatoms. The van der Waals surface area contributed by atoms with Crippen molar-refractivity contribution in [1.29, 1.82) is 0 Å². The molecule has 2 rings (SSSR count). The normalized spacial score (nSPS) is 11.2. The van der Waals surface area contributed by atoms with Crippen molar-refractivity contribution < 1.29 is 22.7 Å². The lowest BCUT2D eigenvalue weighted by Crippen LogP contribution is -2.14. The Morgan fingerprint density at radius 3 is 2.64 bits per heavy atom. The molecule has 0 aliphatic heterocycles. The van der Waals surface area contributed by atoms with Crippen molar-refractivity contribution in [2.24, 2.45) is 0 Å². The van der Waals surface area contributed by atoms with Crippen LogP contribution in [0.4, 0.5) is 24.7 Å². The van der Waals surface area contributed by atoms with Crippen LogP contribution in [0.25, 0.3) is 0 Å². The van der Waals surface area contributed by atoms with Crippen molar-refractivity contribution in [2.45, 2.75) is 6.18 Å². The molecule has 25 heavy (non-hydrogen) atoms. The number of rotatable bonds is 6. The highest BCUT2D eigenvalue weighted by Crippen LogP contribution is 2.33. The summed E-state index contributed by atoms with van der Waals surface area (Å²) in [5.74, 6) is -0.0668. The van der Waals surface area contributed by atoms with Gasteiger partial charge in [0.15, 0.2) is 0 Å². The molecule has 0 bridgehead atoms. The van der Waals surface area contributed by atoms with Crippen molar-refractivity contribution in [3.05, 3.63) is 52.7 Å². The van der Waals surface area contributed by atoms with Gasteiger partial charge >= 0.3 is 6.18 Å². The topological polar surface area (TPSA) is 63.2 Å². The van der Waals surface area contributed by atoms with Gasteiger partial charge in [0.2, 0.25) is 0 Å². The standard InChI is InChI=1S/C16H15ClF3N3O2/c1-25-7-6-21-14-5-2-10(9-22-14)15(24)23-13-8-11(16(18,19)20)3-4-12(13)17/h2-5,8-9H,6-7H2,1H3,(H,21,22)(H,23,24). The minimum absolute atomic E-state index is 0.00663. The maximum absolute atomic E-state index is 12.8. The number of hydrogen-bond donors (Lipinski definition) is 2. The van der Waals surface area contributed by atoms with E-state index in [1.165, 1.54) is 12.3 Å². The minimum Gasteiger partial charge on any atom is -0.383 e. The Morgan fingerprint density at radius 2 is 2.04 bits per heavy atom. The maximum atomic E-state index is 12.8. The first-order chi connectivity index (χ1) is 11.8. The van der Waals surface area contributed by atoms with Crippen molar-refractivity contribution in [2.75, 3.05) is 30.9 Å². The predicted molar refractivity (Wildman–Crippen MR) is 89.0 cm³/mol. The molecule has 1 aromatic carbocycles. The SMILES string of the molecule is COCCNc1ccc(C(=O)Nc2cc(C(F)(F)F)ccc2Cl)cn1. The predicted octanol–water partition coefficient (Wildman–Crippen LogP) is 4.06. The molecular formula is C16H15ClF3N3O2. The Bertz CT molecular complexity index is 736. The number of amides is 1. The van der Waals surface area contributed by atoms with Crippen molar-refractivity contribution >= 4 is 29.0 Å². The molecule has 1 amide bonds. The van der Waals surface area contributed by atoms with E-state index < -0.39 is 17.6 Å². The highest BCUT2D eigenvalue weighted by molar-refractivity contribution is 6.34. The second-order valence-electron chi connectivity index (χ2n) is 5.00. The Hall–Kier alpha value is -2.32. The monoisotopic (exact) mass is 373 g/mol. The number of nitrogens with zero attached hydrogens (tertiary/aromatic N) is 1. The Balaban J connectivity index is 2.09. The number of nitrogens with one attached hydrogen (secondary N) is 2. The van der Waals surface area contributed by atoms with Crippen LogP contribution >= 0.6 is 11.6 Å². The second-order valence-corrected chi connectivity index (χ2v) is 5.41. The minimum atomic E-state index is -4.53. The molecule has 1 heterocycles. The highest BCUT2D eigenvalue weighted by Gasteiger charge is 2.31. The molecule has 1 aromatic heterocycles. The third kappa shape index (κ3) is 5.33. The number of pyridine rings is 1. The van der Waals surface area contributed by atoms with Crippen LogP contribution in [0.15, 0.2) is 36.5 Å². The summed E-state index contributed by atoms with van der Waals surface area (Å²) in [6.45, 7) is 1.05.